The number of carbonyl (C=O) groups is 3. The van der Waals surface area contributed by atoms with Crippen LogP contribution in [0, 0.1) is 13.8 Å². The number of amides is 3. The van der Waals surface area contributed by atoms with Crippen LogP contribution in [0.4, 0.5) is 4.79 Å². The topological polar surface area (TPSA) is 103 Å². The number of ether oxygens (including phenoxy) is 2. The molecule has 2 aliphatic heterocycles. The van der Waals surface area contributed by atoms with E-state index in [0.29, 0.717) is 36.0 Å². The Morgan fingerprint density at radius 3 is 2.65 bits per heavy atom. The molecule has 0 aliphatic carbocycles. The lowest BCUT2D eigenvalue weighted by atomic mass is 9.99. The number of imide groups is 1. The van der Waals surface area contributed by atoms with Crippen molar-refractivity contribution in [2.45, 2.75) is 39.0 Å². The van der Waals surface area contributed by atoms with Gasteiger partial charge in [-0.05, 0) is 51.1 Å². The number of hydrogen-bond acceptors (Lipinski definition) is 6. The number of rotatable bonds is 6. The smallest absolute Gasteiger partial charge is 0.325 e. The molecule has 9 heteroatoms. The summed E-state index contributed by atoms with van der Waals surface area (Å²) >= 11 is 0. The molecule has 9 nitrogen and oxygen atoms in total. The maximum absolute atomic E-state index is 13.2. The van der Waals surface area contributed by atoms with Crippen molar-refractivity contribution >= 4 is 17.7 Å². The van der Waals surface area contributed by atoms with Crippen LogP contribution in [-0.4, -0.2) is 46.4 Å². The van der Waals surface area contributed by atoms with E-state index < -0.39 is 17.5 Å². The van der Waals surface area contributed by atoms with Crippen molar-refractivity contribution in [2.75, 3.05) is 13.2 Å². The van der Waals surface area contributed by atoms with Gasteiger partial charge in [0, 0.05) is 17.0 Å². The SMILES string of the molecule is Cc1cc(C(=O)CN2C(=O)N[C@@](C)(c3ccco3)C2=O)c(C)n1C[C@@H]1COc2ccccc2O1. The van der Waals surface area contributed by atoms with E-state index in [1.807, 2.05) is 42.7 Å². The number of nitrogens with one attached hydrogen (secondary N) is 1. The first-order chi connectivity index (χ1) is 16.3. The predicted octanol–water partition coefficient (Wildman–Crippen LogP) is 3.19. The van der Waals surface area contributed by atoms with Crippen LogP contribution in [0.2, 0.25) is 0 Å². The summed E-state index contributed by atoms with van der Waals surface area (Å²) in [5.74, 6) is 0.871. The molecule has 1 aromatic carbocycles. The first-order valence-corrected chi connectivity index (χ1v) is 11.0. The Kier molecular flexibility index (Phi) is 5.19. The van der Waals surface area contributed by atoms with E-state index in [2.05, 4.69) is 5.32 Å². The summed E-state index contributed by atoms with van der Waals surface area (Å²) in [4.78, 5) is 39.7. The predicted molar refractivity (Wildman–Crippen MR) is 121 cm³/mol. The molecular formula is C25H25N3O6. The van der Waals surface area contributed by atoms with Gasteiger partial charge in [0.05, 0.1) is 19.4 Å². The van der Waals surface area contributed by atoms with Crippen LogP contribution in [0.1, 0.15) is 34.4 Å². The summed E-state index contributed by atoms with van der Waals surface area (Å²) in [6.45, 7) is 5.85. The minimum Gasteiger partial charge on any atom is -0.486 e. The fourth-order valence-corrected chi connectivity index (χ4v) is 4.52. The van der Waals surface area contributed by atoms with Gasteiger partial charge in [-0.15, -0.1) is 0 Å². The normalized spacial score (nSPS) is 21.6. The second-order valence-corrected chi connectivity index (χ2v) is 8.74. The first-order valence-electron chi connectivity index (χ1n) is 11.0. The number of para-hydroxylation sites is 2. The molecule has 34 heavy (non-hydrogen) atoms. The average molecular weight is 463 g/mol. The highest BCUT2D eigenvalue weighted by Gasteiger charge is 2.51. The number of nitrogens with zero attached hydrogens (tertiary/aromatic N) is 2. The molecule has 2 aliphatic rings. The molecule has 2 atom stereocenters. The van der Waals surface area contributed by atoms with E-state index in [0.717, 1.165) is 16.3 Å². The summed E-state index contributed by atoms with van der Waals surface area (Å²) in [5, 5.41) is 2.64. The molecule has 3 amide bonds. The lowest BCUT2D eigenvalue weighted by Gasteiger charge is -2.27. The van der Waals surface area contributed by atoms with Crippen molar-refractivity contribution < 1.29 is 28.3 Å². The molecular weight excluding hydrogens is 438 g/mol. The van der Waals surface area contributed by atoms with Gasteiger partial charge in [0.2, 0.25) is 0 Å². The molecule has 0 bridgehead atoms. The molecule has 0 radical (unpaired) electrons. The number of fused-ring (bicyclic) bond motifs is 1. The fraction of sp³-hybridized carbons (Fsp3) is 0.320. The van der Waals surface area contributed by atoms with Crippen molar-refractivity contribution in [1.82, 2.24) is 14.8 Å². The molecule has 4 heterocycles. The Labute approximate surface area is 196 Å². The highest BCUT2D eigenvalue weighted by Crippen LogP contribution is 2.32. The van der Waals surface area contributed by atoms with Crippen LogP contribution in [0.5, 0.6) is 11.5 Å². The number of urea groups is 1. The molecule has 2 aromatic heterocycles. The van der Waals surface area contributed by atoms with Crippen LogP contribution in [0.3, 0.4) is 0 Å². The van der Waals surface area contributed by atoms with Crippen molar-refractivity contribution in [3.05, 3.63) is 71.4 Å². The van der Waals surface area contributed by atoms with Crippen molar-refractivity contribution in [2.24, 2.45) is 0 Å². The Hall–Kier alpha value is -4.01. The summed E-state index contributed by atoms with van der Waals surface area (Å²) in [6.07, 6.45) is 1.21. The zero-order chi connectivity index (χ0) is 24.0. The number of furan rings is 1. The van der Waals surface area contributed by atoms with E-state index in [1.54, 1.807) is 25.1 Å². The number of hydrogen-bond donors (Lipinski definition) is 1. The van der Waals surface area contributed by atoms with Gasteiger partial charge in [0.1, 0.15) is 12.4 Å². The third-order valence-corrected chi connectivity index (χ3v) is 6.42. The zero-order valence-electron chi connectivity index (χ0n) is 19.2. The van der Waals surface area contributed by atoms with Crippen LogP contribution < -0.4 is 14.8 Å². The van der Waals surface area contributed by atoms with Crippen LogP contribution >= 0.6 is 0 Å². The number of carbonyl (C=O) groups excluding carboxylic acids is 3. The highest BCUT2D eigenvalue weighted by atomic mass is 16.6. The minimum atomic E-state index is -1.34. The van der Waals surface area contributed by atoms with Crippen LogP contribution in [-0.2, 0) is 16.9 Å². The number of ketones is 1. The minimum absolute atomic E-state index is 0.220. The van der Waals surface area contributed by atoms with E-state index in [9.17, 15) is 14.4 Å². The quantitative estimate of drug-likeness (QED) is 0.445. The Balaban J connectivity index is 1.31. The van der Waals surface area contributed by atoms with Gasteiger partial charge in [-0.25, -0.2) is 4.79 Å². The standard InChI is InChI=1S/C25H25N3O6/c1-15-11-18(16(2)27(15)12-17-14-33-20-7-4-5-8-21(20)34-17)19(29)13-28-23(30)25(3,26-24(28)31)22-9-6-10-32-22/h4-11,17H,12-14H2,1-3H3,(H,26,31)/t17-,25+/m1/s1. The van der Waals surface area contributed by atoms with E-state index in [-0.39, 0.29) is 18.4 Å². The molecule has 1 N–H and O–H groups in total. The van der Waals surface area contributed by atoms with Gasteiger partial charge in [-0.1, -0.05) is 12.1 Å². The van der Waals surface area contributed by atoms with Crippen molar-refractivity contribution in [3.8, 4) is 11.5 Å². The maximum atomic E-state index is 13.2. The van der Waals surface area contributed by atoms with Gasteiger partial charge in [0.25, 0.3) is 5.91 Å². The van der Waals surface area contributed by atoms with E-state index in [4.69, 9.17) is 13.9 Å². The van der Waals surface area contributed by atoms with Crippen molar-refractivity contribution in [1.29, 1.82) is 0 Å². The Morgan fingerprint density at radius 2 is 1.91 bits per heavy atom. The average Bonchev–Trinajstić information content (AvgIpc) is 3.51. The van der Waals surface area contributed by atoms with Gasteiger partial charge in [0.15, 0.2) is 28.9 Å². The van der Waals surface area contributed by atoms with Crippen molar-refractivity contribution in [3.63, 3.8) is 0 Å². The third-order valence-electron chi connectivity index (χ3n) is 6.42. The second kappa shape index (κ2) is 8.09. The summed E-state index contributed by atoms with van der Waals surface area (Å²) < 4.78 is 19.2. The molecule has 0 saturated carbocycles. The fourth-order valence-electron chi connectivity index (χ4n) is 4.52. The summed E-state index contributed by atoms with van der Waals surface area (Å²) in [7, 11) is 0. The van der Waals surface area contributed by atoms with Crippen LogP contribution in [0.15, 0.2) is 53.1 Å². The molecule has 5 rings (SSSR count). The molecule has 1 fully saturated rings. The summed E-state index contributed by atoms with van der Waals surface area (Å²) in [5.41, 5.74) is 0.736. The Morgan fingerprint density at radius 1 is 1.15 bits per heavy atom. The van der Waals surface area contributed by atoms with Gasteiger partial charge in [-0.2, -0.15) is 0 Å². The summed E-state index contributed by atoms with van der Waals surface area (Å²) in [6, 6.07) is 11.9. The number of aryl methyl sites for hydroxylation is 1. The lowest BCUT2D eigenvalue weighted by molar-refractivity contribution is -0.131. The van der Waals surface area contributed by atoms with Gasteiger partial charge in [-0.3, -0.25) is 14.5 Å². The number of Topliss-reactive ketones (excluding diaryl/α,β-unsaturated/α-hetero) is 1. The van der Waals surface area contributed by atoms with Gasteiger partial charge < -0.3 is 23.8 Å². The molecule has 0 unspecified atom stereocenters. The molecule has 1 saturated heterocycles. The zero-order valence-corrected chi connectivity index (χ0v) is 19.2. The molecule has 3 aromatic rings. The monoisotopic (exact) mass is 463 g/mol. The first kappa shape index (κ1) is 21.8. The number of benzene rings is 1. The van der Waals surface area contributed by atoms with Gasteiger partial charge >= 0.3 is 6.03 Å². The lowest BCUT2D eigenvalue weighted by Crippen LogP contribution is -2.41. The maximum Gasteiger partial charge on any atom is 0.325 e. The largest absolute Gasteiger partial charge is 0.486 e. The third kappa shape index (κ3) is 3.53. The number of aromatic nitrogens is 1. The second-order valence-electron chi connectivity index (χ2n) is 8.74. The van der Waals surface area contributed by atoms with Crippen LogP contribution in [0.25, 0.3) is 0 Å². The highest BCUT2D eigenvalue weighted by molar-refractivity contribution is 6.11. The molecule has 0 spiro atoms. The van der Waals surface area contributed by atoms with E-state index >= 15 is 0 Å². The Bertz CT molecular complexity index is 1280. The molecule has 176 valence electrons. The van der Waals surface area contributed by atoms with E-state index in [1.165, 1.54) is 6.26 Å².